The maximum Gasteiger partial charge on any atom is 0.274 e. The molecule has 3 N–H and O–H groups in total. The number of carbonyl (C=O) groups excluding carboxylic acids is 1. The van der Waals surface area contributed by atoms with Crippen molar-refractivity contribution in [2.45, 2.75) is 31.7 Å². The number of hydrogen-bond donors (Lipinski definition) is 2. The quantitative estimate of drug-likeness (QED) is 0.621. The maximum atomic E-state index is 12.4. The van der Waals surface area contributed by atoms with Crippen LogP contribution in [0.2, 0.25) is 0 Å². The molecule has 0 bridgehead atoms. The molecule has 7 heteroatoms. The van der Waals surface area contributed by atoms with Gasteiger partial charge in [0, 0.05) is 32.2 Å². The SMILES string of the molecule is NNc1cncc(C(=O)N2CCN(C3CCCC3)CC2)n1. The van der Waals surface area contributed by atoms with E-state index in [0.717, 1.165) is 32.2 Å². The minimum Gasteiger partial charge on any atom is -0.335 e. The van der Waals surface area contributed by atoms with Gasteiger partial charge in [-0.1, -0.05) is 12.8 Å². The number of amides is 1. The number of nitrogen functional groups attached to an aromatic ring is 1. The highest BCUT2D eigenvalue weighted by Crippen LogP contribution is 2.24. The highest BCUT2D eigenvalue weighted by atomic mass is 16.2. The van der Waals surface area contributed by atoms with E-state index in [0.29, 0.717) is 11.5 Å². The van der Waals surface area contributed by atoms with Crippen LogP contribution in [-0.2, 0) is 0 Å². The molecule has 1 amide bonds. The van der Waals surface area contributed by atoms with Crippen molar-refractivity contribution in [2.75, 3.05) is 31.6 Å². The highest BCUT2D eigenvalue weighted by molar-refractivity contribution is 5.92. The minimum atomic E-state index is -0.0642. The van der Waals surface area contributed by atoms with E-state index in [1.807, 2.05) is 4.90 Å². The molecular formula is C14H22N6O. The number of nitrogens with one attached hydrogen (secondary N) is 1. The number of hydrazine groups is 1. The van der Waals surface area contributed by atoms with Crippen LogP contribution in [0.4, 0.5) is 5.82 Å². The summed E-state index contributed by atoms with van der Waals surface area (Å²) in [5.41, 5.74) is 2.76. The molecule has 3 rings (SSSR count). The molecule has 0 unspecified atom stereocenters. The fourth-order valence-electron chi connectivity index (χ4n) is 3.26. The lowest BCUT2D eigenvalue weighted by molar-refractivity contribution is 0.0567. The Bertz CT molecular complexity index is 494. The van der Waals surface area contributed by atoms with Crippen LogP contribution in [-0.4, -0.2) is 57.9 Å². The van der Waals surface area contributed by atoms with Crippen molar-refractivity contribution in [3.63, 3.8) is 0 Å². The Balaban J connectivity index is 1.59. The summed E-state index contributed by atoms with van der Waals surface area (Å²) < 4.78 is 0. The normalized spacial score (nSPS) is 20.7. The molecule has 2 aliphatic rings. The van der Waals surface area contributed by atoms with Crippen molar-refractivity contribution in [1.82, 2.24) is 19.8 Å². The van der Waals surface area contributed by atoms with Gasteiger partial charge in [-0.3, -0.25) is 14.7 Å². The third-order valence-electron chi connectivity index (χ3n) is 4.44. The third kappa shape index (κ3) is 3.14. The van der Waals surface area contributed by atoms with E-state index in [9.17, 15) is 4.79 Å². The van der Waals surface area contributed by atoms with Crippen LogP contribution in [0.25, 0.3) is 0 Å². The number of carbonyl (C=O) groups is 1. The first kappa shape index (κ1) is 14.2. The van der Waals surface area contributed by atoms with E-state index >= 15 is 0 Å². The molecule has 2 fully saturated rings. The summed E-state index contributed by atoms with van der Waals surface area (Å²) in [5, 5.41) is 0. The standard InChI is InChI=1S/C14H22N6O/c15-18-13-10-16-9-12(17-13)14(21)20-7-5-19(6-8-20)11-3-1-2-4-11/h9-11H,1-8,15H2,(H,17,18). The number of anilines is 1. The predicted molar refractivity (Wildman–Crippen MR) is 79.6 cm³/mol. The summed E-state index contributed by atoms with van der Waals surface area (Å²) in [4.78, 5) is 25.0. The van der Waals surface area contributed by atoms with Gasteiger partial charge in [-0.05, 0) is 12.8 Å². The Kier molecular flexibility index (Phi) is 4.31. The molecule has 1 saturated carbocycles. The second-order valence-electron chi connectivity index (χ2n) is 5.70. The fourth-order valence-corrected chi connectivity index (χ4v) is 3.26. The number of aromatic nitrogens is 2. The molecule has 0 radical (unpaired) electrons. The predicted octanol–water partition coefficient (Wildman–Crippen LogP) is 0.463. The zero-order valence-electron chi connectivity index (χ0n) is 12.2. The zero-order chi connectivity index (χ0) is 14.7. The van der Waals surface area contributed by atoms with Crippen molar-refractivity contribution < 1.29 is 4.79 Å². The first-order chi connectivity index (χ1) is 10.3. The lowest BCUT2D eigenvalue weighted by Gasteiger charge is -2.37. The summed E-state index contributed by atoms with van der Waals surface area (Å²) in [6.07, 6.45) is 8.30. The molecule has 1 aliphatic carbocycles. The molecular weight excluding hydrogens is 268 g/mol. The van der Waals surface area contributed by atoms with E-state index in [-0.39, 0.29) is 5.91 Å². The largest absolute Gasteiger partial charge is 0.335 e. The third-order valence-corrected chi connectivity index (χ3v) is 4.44. The van der Waals surface area contributed by atoms with Gasteiger partial charge in [0.15, 0.2) is 5.82 Å². The number of rotatable bonds is 3. The van der Waals surface area contributed by atoms with E-state index < -0.39 is 0 Å². The van der Waals surface area contributed by atoms with E-state index in [1.54, 1.807) is 0 Å². The second kappa shape index (κ2) is 6.36. The molecule has 2 heterocycles. The monoisotopic (exact) mass is 290 g/mol. The van der Waals surface area contributed by atoms with Crippen LogP contribution >= 0.6 is 0 Å². The van der Waals surface area contributed by atoms with E-state index in [2.05, 4.69) is 20.3 Å². The highest BCUT2D eigenvalue weighted by Gasteiger charge is 2.28. The Morgan fingerprint density at radius 1 is 1.19 bits per heavy atom. The molecule has 0 spiro atoms. The van der Waals surface area contributed by atoms with Crippen LogP contribution in [0.3, 0.4) is 0 Å². The molecule has 21 heavy (non-hydrogen) atoms. The van der Waals surface area contributed by atoms with Crippen LogP contribution in [0.15, 0.2) is 12.4 Å². The lowest BCUT2D eigenvalue weighted by atomic mass is 10.1. The van der Waals surface area contributed by atoms with Gasteiger partial charge in [0.25, 0.3) is 5.91 Å². The van der Waals surface area contributed by atoms with Gasteiger partial charge < -0.3 is 10.3 Å². The Labute approximate surface area is 124 Å². The first-order valence-electron chi connectivity index (χ1n) is 7.60. The Hall–Kier alpha value is -1.73. The zero-order valence-corrected chi connectivity index (χ0v) is 12.2. The van der Waals surface area contributed by atoms with Gasteiger partial charge in [0.1, 0.15) is 5.69 Å². The van der Waals surface area contributed by atoms with Gasteiger partial charge in [-0.25, -0.2) is 10.8 Å². The van der Waals surface area contributed by atoms with E-state index in [4.69, 9.17) is 5.84 Å². The van der Waals surface area contributed by atoms with Crippen molar-refractivity contribution in [1.29, 1.82) is 0 Å². The van der Waals surface area contributed by atoms with E-state index in [1.165, 1.54) is 38.1 Å². The smallest absolute Gasteiger partial charge is 0.274 e. The summed E-state index contributed by atoms with van der Waals surface area (Å²) in [6.45, 7) is 3.44. The summed E-state index contributed by atoms with van der Waals surface area (Å²) in [6, 6.07) is 0.729. The molecule has 1 aromatic rings. The number of nitrogens with two attached hydrogens (primary N) is 1. The van der Waals surface area contributed by atoms with Gasteiger partial charge in [-0.15, -0.1) is 0 Å². The van der Waals surface area contributed by atoms with Crippen LogP contribution < -0.4 is 11.3 Å². The second-order valence-corrected chi connectivity index (χ2v) is 5.70. The van der Waals surface area contributed by atoms with Crippen LogP contribution in [0.1, 0.15) is 36.2 Å². The molecule has 1 aromatic heterocycles. The van der Waals surface area contributed by atoms with Crippen LogP contribution in [0, 0.1) is 0 Å². The van der Waals surface area contributed by atoms with Gasteiger partial charge in [-0.2, -0.15) is 0 Å². The molecule has 0 atom stereocenters. The van der Waals surface area contributed by atoms with Crippen molar-refractivity contribution in [3.05, 3.63) is 18.1 Å². The summed E-state index contributed by atoms with van der Waals surface area (Å²) >= 11 is 0. The van der Waals surface area contributed by atoms with Gasteiger partial charge >= 0.3 is 0 Å². The van der Waals surface area contributed by atoms with Crippen LogP contribution in [0.5, 0.6) is 0 Å². The molecule has 7 nitrogen and oxygen atoms in total. The summed E-state index contributed by atoms with van der Waals surface area (Å²) in [7, 11) is 0. The first-order valence-corrected chi connectivity index (χ1v) is 7.60. The number of piperazine rings is 1. The van der Waals surface area contributed by atoms with Gasteiger partial charge in [0.05, 0.1) is 12.4 Å². The molecule has 1 saturated heterocycles. The average molecular weight is 290 g/mol. The average Bonchev–Trinajstić information content (AvgIpc) is 3.09. The lowest BCUT2D eigenvalue weighted by Crippen LogP contribution is -2.51. The topological polar surface area (TPSA) is 87.4 Å². The number of nitrogens with zero attached hydrogens (tertiary/aromatic N) is 4. The molecule has 1 aliphatic heterocycles. The van der Waals surface area contributed by atoms with Crippen molar-refractivity contribution >= 4 is 11.7 Å². The fraction of sp³-hybridized carbons (Fsp3) is 0.643. The van der Waals surface area contributed by atoms with Gasteiger partial charge in [0.2, 0.25) is 0 Å². The molecule has 114 valence electrons. The number of hydrogen-bond acceptors (Lipinski definition) is 6. The molecule has 0 aromatic carbocycles. The summed E-state index contributed by atoms with van der Waals surface area (Å²) in [5.74, 6) is 5.64. The Morgan fingerprint density at radius 3 is 2.57 bits per heavy atom. The van der Waals surface area contributed by atoms with Crippen molar-refractivity contribution in [2.24, 2.45) is 5.84 Å². The maximum absolute atomic E-state index is 12.4. The van der Waals surface area contributed by atoms with Crippen molar-refractivity contribution in [3.8, 4) is 0 Å². The Morgan fingerprint density at radius 2 is 1.90 bits per heavy atom. The minimum absolute atomic E-state index is 0.0642.